The summed E-state index contributed by atoms with van der Waals surface area (Å²) < 4.78 is 13.8. The topological polar surface area (TPSA) is 46.9 Å². The molecule has 1 aromatic rings. The fourth-order valence-corrected chi connectivity index (χ4v) is 4.33. The molecule has 0 radical (unpaired) electrons. The highest BCUT2D eigenvalue weighted by Crippen LogP contribution is 2.29. The first-order valence-corrected chi connectivity index (χ1v) is 8.43. The molecule has 2 fully saturated rings. The smallest absolute Gasteiger partial charge is 0.0951 e. The lowest BCUT2D eigenvalue weighted by Gasteiger charge is -2.29. The third-order valence-electron chi connectivity index (χ3n) is 4.11. The molecule has 1 aromatic heterocycles. The van der Waals surface area contributed by atoms with E-state index in [9.17, 15) is 4.21 Å². The van der Waals surface area contributed by atoms with Crippen molar-refractivity contribution in [2.45, 2.75) is 44.2 Å². The Morgan fingerprint density at radius 1 is 1.28 bits per heavy atom. The summed E-state index contributed by atoms with van der Waals surface area (Å²) in [6.45, 7) is 1.12. The van der Waals surface area contributed by atoms with Gasteiger partial charge < -0.3 is 9.88 Å². The molecule has 0 bridgehead atoms. The van der Waals surface area contributed by atoms with Gasteiger partial charge in [0.2, 0.25) is 0 Å². The van der Waals surface area contributed by atoms with Crippen LogP contribution in [0.5, 0.6) is 0 Å². The minimum Gasteiger partial charge on any atom is -0.330 e. The molecular formula is C13H21N3OS. The molecule has 2 saturated heterocycles. The van der Waals surface area contributed by atoms with Crippen molar-refractivity contribution in [3.05, 3.63) is 18.2 Å². The van der Waals surface area contributed by atoms with Gasteiger partial charge in [0.15, 0.2) is 0 Å². The first kappa shape index (κ1) is 12.4. The minimum absolute atomic E-state index is 0.466. The highest BCUT2D eigenvalue weighted by molar-refractivity contribution is 7.85. The summed E-state index contributed by atoms with van der Waals surface area (Å²) in [5, 5.41) is 3.59. The van der Waals surface area contributed by atoms with E-state index in [1.54, 1.807) is 0 Å². The van der Waals surface area contributed by atoms with Crippen molar-refractivity contribution in [3.8, 4) is 0 Å². The average Bonchev–Trinajstić information content (AvgIpc) is 2.90. The first-order valence-electron chi connectivity index (χ1n) is 6.94. The van der Waals surface area contributed by atoms with Gasteiger partial charge in [-0.25, -0.2) is 4.98 Å². The lowest BCUT2D eigenvalue weighted by atomic mass is 10.0. The van der Waals surface area contributed by atoms with E-state index in [0.29, 0.717) is 12.1 Å². The molecule has 100 valence electrons. The first-order chi connectivity index (χ1) is 8.84. The van der Waals surface area contributed by atoms with Gasteiger partial charge in [0.1, 0.15) is 0 Å². The van der Waals surface area contributed by atoms with Crippen molar-refractivity contribution < 1.29 is 4.21 Å². The van der Waals surface area contributed by atoms with E-state index in [4.69, 9.17) is 0 Å². The van der Waals surface area contributed by atoms with Crippen LogP contribution >= 0.6 is 0 Å². The molecule has 3 heterocycles. The molecule has 5 heteroatoms. The predicted molar refractivity (Wildman–Crippen MR) is 73.0 cm³/mol. The van der Waals surface area contributed by atoms with Gasteiger partial charge in [-0.15, -0.1) is 0 Å². The monoisotopic (exact) mass is 267 g/mol. The largest absolute Gasteiger partial charge is 0.330 e. The fraction of sp³-hybridized carbons (Fsp3) is 0.769. The Kier molecular flexibility index (Phi) is 3.80. The zero-order valence-electron chi connectivity index (χ0n) is 10.7. The van der Waals surface area contributed by atoms with Crippen molar-refractivity contribution >= 4 is 10.8 Å². The van der Waals surface area contributed by atoms with Crippen LogP contribution in [0.1, 0.15) is 49.9 Å². The number of rotatable bonds is 2. The lowest BCUT2D eigenvalue weighted by molar-refractivity contribution is 0.369. The normalized spacial score (nSPS) is 33.4. The molecule has 0 saturated carbocycles. The molecule has 1 unspecified atom stereocenters. The number of imidazole rings is 1. The van der Waals surface area contributed by atoms with Crippen LogP contribution in [0.2, 0.25) is 0 Å². The average molecular weight is 267 g/mol. The van der Waals surface area contributed by atoms with Crippen LogP contribution in [-0.4, -0.2) is 31.8 Å². The van der Waals surface area contributed by atoms with Gasteiger partial charge in [-0.2, -0.15) is 0 Å². The highest BCUT2D eigenvalue weighted by Gasteiger charge is 2.24. The molecule has 18 heavy (non-hydrogen) atoms. The summed E-state index contributed by atoms with van der Waals surface area (Å²) in [5.41, 5.74) is 1.33. The molecule has 3 rings (SSSR count). The zero-order valence-corrected chi connectivity index (χ0v) is 11.5. The fourth-order valence-electron chi connectivity index (χ4n) is 3.05. The van der Waals surface area contributed by atoms with Crippen LogP contribution in [0.4, 0.5) is 0 Å². The van der Waals surface area contributed by atoms with Crippen LogP contribution < -0.4 is 5.32 Å². The summed E-state index contributed by atoms with van der Waals surface area (Å²) >= 11 is 0. The maximum atomic E-state index is 11.4. The van der Waals surface area contributed by atoms with E-state index < -0.39 is 10.8 Å². The third-order valence-corrected chi connectivity index (χ3v) is 5.50. The van der Waals surface area contributed by atoms with Crippen molar-refractivity contribution in [2.24, 2.45) is 0 Å². The Morgan fingerprint density at radius 2 is 2.11 bits per heavy atom. The maximum absolute atomic E-state index is 11.4. The Bertz CT molecular complexity index is 416. The van der Waals surface area contributed by atoms with Crippen molar-refractivity contribution in [1.29, 1.82) is 0 Å². The number of nitrogens with one attached hydrogen (secondary N) is 1. The Labute approximate surface area is 111 Å². The summed E-state index contributed by atoms with van der Waals surface area (Å²) in [5.74, 6) is 1.70. The second kappa shape index (κ2) is 5.53. The van der Waals surface area contributed by atoms with Crippen LogP contribution in [0, 0.1) is 0 Å². The lowest BCUT2D eigenvalue weighted by Crippen LogP contribution is -2.30. The number of piperidine rings is 1. The molecule has 0 aromatic carbocycles. The van der Waals surface area contributed by atoms with E-state index >= 15 is 0 Å². The number of hydrogen-bond acceptors (Lipinski definition) is 3. The van der Waals surface area contributed by atoms with Crippen LogP contribution in [0.25, 0.3) is 0 Å². The number of hydrogen-bond donors (Lipinski definition) is 1. The van der Waals surface area contributed by atoms with Gasteiger partial charge >= 0.3 is 0 Å². The molecule has 0 aliphatic carbocycles. The summed E-state index contributed by atoms with van der Waals surface area (Å²) in [7, 11) is -0.583. The third kappa shape index (κ3) is 2.52. The second-order valence-electron chi connectivity index (χ2n) is 5.31. The number of aromatic nitrogens is 2. The Morgan fingerprint density at radius 3 is 2.83 bits per heavy atom. The van der Waals surface area contributed by atoms with E-state index in [1.165, 1.54) is 25.0 Å². The zero-order chi connectivity index (χ0) is 12.4. The van der Waals surface area contributed by atoms with E-state index in [1.807, 2.05) is 12.5 Å². The second-order valence-corrected chi connectivity index (χ2v) is 7.00. The molecule has 0 amide bonds. The summed E-state index contributed by atoms with van der Waals surface area (Å²) in [6.07, 6.45) is 9.83. The highest BCUT2D eigenvalue weighted by atomic mass is 32.2. The molecule has 2 aliphatic rings. The van der Waals surface area contributed by atoms with Crippen LogP contribution in [0.15, 0.2) is 12.5 Å². The summed E-state index contributed by atoms with van der Waals surface area (Å²) in [4.78, 5) is 4.34. The van der Waals surface area contributed by atoms with Gasteiger partial charge in [-0.1, -0.05) is 6.42 Å². The Balaban J connectivity index is 1.76. The SMILES string of the molecule is O=S1CCC(n2cncc2C2CCCCN2)CC1. The van der Waals surface area contributed by atoms with E-state index in [2.05, 4.69) is 14.9 Å². The molecule has 1 N–H and O–H groups in total. The van der Waals surface area contributed by atoms with Gasteiger partial charge in [-0.05, 0) is 32.2 Å². The predicted octanol–water partition coefficient (Wildman–Crippen LogP) is 1.78. The summed E-state index contributed by atoms with van der Waals surface area (Å²) in [6, 6.07) is 0.970. The molecule has 2 aliphatic heterocycles. The Hall–Kier alpha value is -0.680. The standard InChI is InChI=1S/C13H21N3OS/c17-18-7-4-11(5-8-18)16-10-14-9-13(16)12-3-1-2-6-15-12/h9-12,15H,1-8H2. The van der Waals surface area contributed by atoms with Crippen LogP contribution in [0.3, 0.4) is 0 Å². The van der Waals surface area contributed by atoms with Gasteiger partial charge in [0.25, 0.3) is 0 Å². The van der Waals surface area contributed by atoms with Crippen molar-refractivity contribution in [1.82, 2.24) is 14.9 Å². The van der Waals surface area contributed by atoms with Gasteiger partial charge in [0.05, 0.1) is 12.0 Å². The quantitative estimate of drug-likeness (QED) is 0.888. The van der Waals surface area contributed by atoms with Crippen molar-refractivity contribution in [3.63, 3.8) is 0 Å². The number of nitrogens with zero attached hydrogens (tertiary/aromatic N) is 2. The molecule has 4 nitrogen and oxygen atoms in total. The van der Waals surface area contributed by atoms with Gasteiger partial charge in [-0.3, -0.25) is 4.21 Å². The van der Waals surface area contributed by atoms with Gasteiger partial charge in [0, 0.05) is 40.6 Å². The van der Waals surface area contributed by atoms with E-state index in [0.717, 1.165) is 30.9 Å². The molecule has 1 atom stereocenters. The maximum Gasteiger partial charge on any atom is 0.0951 e. The van der Waals surface area contributed by atoms with Crippen molar-refractivity contribution in [2.75, 3.05) is 18.1 Å². The molecular weight excluding hydrogens is 246 g/mol. The minimum atomic E-state index is -0.583. The van der Waals surface area contributed by atoms with E-state index in [-0.39, 0.29) is 0 Å². The molecule has 0 spiro atoms. The van der Waals surface area contributed by atoms with Crippen LogP contribution in [-0.2, 0) is 10.8 Å².